The van der Waals surface area contributed by atoms with Gasteiger partial charge in [0.05, 0.1) is 6.10 Å². The predicted molar refractivity (Wildman–Crippen MR) is 46.6 cm³/mol. The number of aliphatic hydroxyl groups is 1. The lowest BCUT2D eigenvalue weighted by molar-refractivity contribution is 0.154. The molecule has 2 heteroatoms. The summed E-state index contributed by atoms with van der Waals surface area (Å²) in [5, 5.41) is 12.7. The second kappa shape index (κ2) is 4.73. The van der Waals surface area contributed by atoms with Gasteiger partial charge in [-0.1, -0.05) is 26.2 Å². The van der Waals surface area contributed by atoms with Crippen molar-refractivity contribution in [1.82, 2.24) is 5.32 Å². The highest BCUT2D eigenvalue weighted by molar-refractivity contribution is 4.82. The Balaban J connectivity index is 2.05. The molecule has 0 amide bonds. The first-order valence-corrected chi connectivity index (χ1v) is 4.76. The Hall–Kier alpha value is -0.0800. The van der Waals surface area contributed by atoms with E-state index in [1.165, 1.54) is 19.3 Å². The van der Waals surface area contributed by atoms with Crippen molar-refractivity contribution in [2.45, 2.75) is 51.2 Å². The molecule has 2 N–H and O–H groups in total. The van der Waals surface area contributed by atoms with Gasteiger partial charge in [0.15, 0.2) is 0 Å². The van der Waals surface area contributed by atoms with Crippen molar-refractivity contribution in [3.63, 3.8) is 0 Å². The maximum Gasteiger partial charge on any atom is 0.0705 e. The van der Waals surface area contributed by atoms with Gasteiger partial charge < -0.3 is 10.4 Å². The SMILES string of the molecule is CCCCCC1NCCC1O. The average molecular weight is 157 g/mol. The highest BCUT2D eigenvalue weighted by Gasteiger charge is 2.23. The molecule has 66 valence electrons. The van der Waals surface area contributed by atoms with Crippen LogP contribution < -0.4 is 5.32 Å². The van der Waals surface area contributed by atoms with E-state index in [9.17, 15) is 5.11 Å². The molecule has 2 atom stereocenters. The van der Waals surface area contributed by atoms with Crippen LogP contribution in [0.15, 0.2) is 0 Å². The second-order valence-electron chi connectivity index (χ2n) is 3.41. The van der Waals surface area contributed by atoms with Crippen molar-refractivity contribution < 1.29 is 5.11 Å². The first-order valence-electron chi connectivity index (χ1n) is 4.76. The Bertz CT molecular complexity index is 106. The van der Waals surface area contributed by atoms with Crippen molar-refractivity contribution >= 4 is 0 Å². The van der Waals surface area contributed by atoms with Gasteiger partial charge in [-0.05, 0) is 19.4 Å². The number of hydrogen-bond donors (Lipinski definition) is 2. The third-order valence-corrected chi connectivity index (χ3v) is 2.43. The Morgan fingerprint density at radius 2 is 2.27 bits per heavy atom. The first-order chi connectivity index (χ1) is 5.34. The standard InChI is InChI=1S/C9H19NO/c1-2-3-4-5-8-9(11)6-7-10-8/h8-11H,2-7H2,1H3. The zero-order chi connectivity index (χ0) is 8.10. The van der Waals surface area contributed by atoms with Gasteiger partial charge in [-0.15, -0.1) is 0 Å². The van der Waals surface area contributed by atoms with Gasteiger partial charge in [0, 0.05) is 6.04 Å². The molecule has 1 heterocycles. The normalized spacial score (nSPS) is 31.1. The van der Waals surface area contributed by atoms with Crippen LogP contribution in [0.2, 0.25) is 0 Å². The molecule has 0 aromatic heterocycles. The van der Waals surface area contributed by atoms with Crippen LogP contribution in [0.1, 0.15) is 39.0 Å². The first kappa shape index (κ1) is 9.01. The molecule has 0 saturated carbocycles. The third-order valence-electron chi connectivity index (χ3n) is 2.43. The maximum absolute atomic E-state index is 9.43. The highest BCUT2D eigenvalue weighted by Crippen LogP contribution is 2.13. The molecule has 0 spiro atoms. The van der Waals surface area contributed by atoms with E-state index in [0.29, 0.717) is 6.04 Å². The lowest BCUT2D eigenvalue weighted by Gasteiger charge is -2.13. The fraction of sp³-hybridized carbons (Fsp3) is 1.00. The van der Waals surface area contributed by atoms with E-state index in [0.717, 1.165) is 19.4 Å². The quantitative estimate of drug-likeness (QED) is 0.603. The molecule has 0 bridgehead atoms. The summed E-state index contributed by atoms with van der Waals surface area (Å²) >= 11 is 0. The Labute approximate surface area is 69.0 Å². The van der Waals surface area contributed by atoms with Crippen LogP contribution in [0.4, 0.5) is 0 Å². The Morgan fingerprint density at radius 1 is 1.45 bits per heavy atom. The number of hydrogen-bond acceptors (Lipinski definition) is 2. The maximum atomic E-state index is 9.43. The zero-order valence-corrected chi connectivity index (χ0v) is 7.34. The van der Waals surface area contributed by atoms with E-state index in [4.69, 9.17) is 0 Å². The highest BCUT2D eigenvalue weighted by atomic mass is 16.3. The van der Waals surface area contributed by atoms with Crippen molar-refractivity contribution in [2.75, 3.05) is 6.54 Å². The Kier molecular flexibility index (Phi) is 3.87. The lowest BCUT2D eigenvalue weighted by atomic mass is 10.1. The average Bonchev–Trinajstić information content (AvgIpc) is 2.37. The summed E-state index contributed by atoms with van der Waals surface area (Å²) in [7, 11) is 0. The lowest BCUT2D eigenvalue weighted by Crippen LogP contribution is -2.29. The van der Waals surface area contributed by atoms with Crippen molar-refractivity contribution in [2.24, 2.45) is 0 Å². The number of rotatable bonds is 4. The minimum Gasteiger partial charge on any atom is -0.391 e. The summed E-state index contributed by atoms with van der Waals surface area (Å²) in [4.78, 5) is 0. The van der Waals surface area contributed by atoms with E-state index in [1.807, 2.05) is 0 Å². The van der Waals surface area contributed by atoms with Gasteiger partial charge in [0.25, 0.3) is 0 Å². The van der Waals surface area contributed by atoms with Crippen LogP contribution in [-0.2, 0) is 0 Å². The minimum absolute atomic E-state index is 0.0770. The summed E-state index contributed by atoms with van der Waals surface area (Å²) < 4.78 is 0. The molecule has 1 aliphatic heterocycles. The van der Waals surface area contributed by atoms with E-state index < -0.39 is 0 Å². The van der Waals surface area contributed by atoms with Gasteiger partial charge in [-0.3, -0.25) is 0 Å². The zero-order valence-electron chi connectivity index (χ0n) is 7.34. The summed E-state index contributed by atoms with van der Waals surface area (Å²) in [5.74, 6) is 0. The van der Waals surface area contributed by atoms with Gasteiger partial charge in [-0.25, -0.2) is 0 Å². The van der Waals surface area contributed by atoms with Gasteiger partial charge in [-0.2, -0.15) is 0 Å². The molecule has 1 saturated heterocycles. The van der Waals surface area contributed by atoms with Gasteiger partial charge in [0.2, 0.25) is 0 Å². The summed E-state index contributed by atoms with van der Waals surface area (Å²) in [6, 6.07) is 0.390. The number of nitrogens with one attached hydrogen (secondary N) is 1. The predicted octanol–water partition coefficient (Wildman–Crippen LogP) is 1.29. The molecule has 2 nitrogen and oxygen atoms in total. The molecule has 1 rings (SSSR count). The molecule has 1 fully saturated rings. The summed E-state index contributed by atoms with van der Waals surface area (Å²) in [6.45, 7) is 3.20. The second-order valence-corrected chi connectivity index (χ2v) is 3.41. The molecule has 0 aliphatic carbocycles. The van der Waals surface area contributed by atoms with Crippen LogP contribution in [0, 0.1) is 0 Å². The van der Waals surface area contributed by atoms with E-state index in [2.05, 4.69) is 12.2 Å². The largest absolute Gasteiger partial charge is 0.391 e. The molecule has 0 aromatic rings. The monoisotopic (exact) mass is 157 g/mol. The van der Waals surface area contributed by atoms with Crippen LogP contribution in [0.5, 0.6) is 0 Å². The van der Waals surface area contributed by atoms with Crippen LogP contribution in [0.25, 0.3) is 0 Å². The Morgan fingerprint density at radius 3 is 2.82 bits per heavy atom. The number of aliphatic hydroxyl groups excluding tert-OH is 1. The van der Waals surface area contributed by atoms with Crippen LogP contribution in [-0.4, -0.2) is 23.8 Å². The van der Waals surface area contributed by atoms with Crippen molar-refractivity contribution in [3.8, 4) is 0 Å². The molecule has 0 aromatic carbocycles. The molecular formula is C9H19NO. The summed E-state index contributed by atoms with van der Waals surface area (Å²) in [5.41, 5.74) is 0. The van der Waals surface area contributed by atoms with E-state index in [-0.39, 0.29) is 6.10 Å². The molecule has 1 aliphatic rings. The van der Waals surface area contributed by atoms with Gasteiger partial charge in [0.1, 0.15) is 0 Å². The smallest absolute Gasteiger partial charge is 0.0705 e. The molecular weight excluding hydrogens is 138 g/mol. The molecule has 11 heavy (non-hydrogen) atoms. The molecule has 0 radical (unpaired) electrons. The fourth-order valence-electron chi connectivity index (χ4n) is 1.66. The number of unbranched alkanes of at least 4 members (excludes halogenated alkanes) is 2. The summed E-state index contributed by atoms with van der Waals surface area (Å²) in [6.07, 6.45) is 5.83. The van der Waals surface area contributed by atoms with E-state index in [1.54, 1.807) is 0 Å². The van der Waals surface area contributed by atoms with Gasteiger partial charge >= 0.3 is 0 Å². The molecule has 2 unspecified atom stereocenters. The minimum atomic E-state index is -0.0770. The van der Waals surface area contributed by atoms with E-state index >= 15 is 0 Å². The topological polar surface area (TPSA) is 32.3 Å². The third kappa shape index (κ3) is 2.80. The fourth-order valence-corrected chi connectivity index (χ4v) is 1.66. The van der Waals surface area contributed by atoms with Crippen LogP contribution in [0.3, 0.4) is 0 Å². The van der Waals surface area contributed by atoms with Crippen molar-refractivity contribution in [3.05, 3.63) is 0 Å². The van der Waals surface area contributed by atoms with Crippen molar-refractivity contribution in [1.29, 1.82) is 0 Å². The van der Waals surface area contributed by atoms with Crippen LogP contribution >= 0.6 is 0 Å².